The molecule has 2 amide bonds. The van der Waals surface area contributed by atoms with Gasteiger partial charge in [0.1, 0.15) is 18.1 Å². The molecule has 9 nitrogen and oxygen atoms in total. The van der Waals surface area contributed by atoms with Crippen molar-refractivity contribution in [3.05, 3.63) is 84.2 Å². The predicted molar refractivity (Wildman–Crippen MR) is 128 cm³/mol. The second kappa shape index (κ2) is 10.7. The van der Waals surface area contributed by atoms with E-state index in [1.54, 1.807) is 36.3 Å². The highest BCUT2D eigenvalue weighted by molar-refractivity contribution is 6.01. The first-order chi connectivity index (χ1) is 16.6. The molecule has 1 N–H and O–H groups in total. The number of pyridine rings is 1. The zero-order chi connectivity index (χ0) is 23.9. The Morgan fingerprint density at radius 2 is 1.79 bits per heavy atom. The number of carbonyl (C=O) groups excluding carboxylic acids is 2. The van der Waals surface area contributed by atoms with Crippen molar-refractivity contribution >= 4 is 28.5 Å². The van der Waals surface area contributed by atoms with Crippen molar-refractivity contribution in [1.29, 1.82) is 0 Å². The third-order valence-electron chi connectivity index (χ3n) is 5.42. The van der Waals surface area contributed by atoms with Crippen LogP contribution in [0.5, 0.6) is 0 Å². The lowest BCUT2D eigenvalue weighted by Crippen LogP contribution is -2.46. The fourth-order valence-corrected chi connectivity index (χ4v) is 3.72. The minimum Gasteiger partial charge on any atom is -0.383 e. The molecule has 0 saturated carbocycles. The number of hydrogen-bond donors (Lipinski definition) is 1. The van der Waals surface area contributed by atoms with E-state index in [1.165, 1.54) is 4.90 Å². The summed E-state index contributed by atoms with van der Waals surface area (Å²) in [6.45, 7) is 2.56. The Bertz CT molecular complexity index is 1260. The summed E-state index contributed by atoms with van der Waals surface area (Å²) < 4.78 is 6.62. The van der Waals surface area contributed by atoms with Gasteiger partial charge in [0.25, 0.3) is 0 Å². The van der Waals surface area contributed by atoms with E-state index in [-0.39, 0.29) is 18.4 Å². The average molecular weight is 459 g/mol. The van der Waals surface area contributed by atoms with Crippen LogP contribution in [0, 0.1) is 6.92 Å². The maximum atomic E-state index is 13.8. The van der Waals surface area contributed by atoms with Crippen molar-refractivity contribution in [2.24, 2.45) is 0 Å². The van der Waals surface area contributed by atoms with E-state index in [9.17, 15) is 9.59 Å². The number of aryl methyl sites for hydroxylation is 1. The van der Waals surface area contributed by atoms with E-state index in [4.69, 9.17) is 4.74 Å². The van der Waals surface area contributed by atoms with Gasteiger partial charge in [0.2, 0.25) is 11.8 Å². The van der Waals surface area contributed by atoms with Crippen LogP contribution < -0.4 is 10.2 Å². The topological polar surface area (TPSA) is 102 Å². The number of methoxy groups -OCH3 is 1. The number of carbonyl (C=O) groups is 2. The Balaban J connectivity index is 1.75. The summed E-state index contributed by atoms with van der Waals surface area (Å²) >= 11 is 0. The molecule has 34 heavy (non-hydrogen) atoms. The average Bonchev–Trinajstić information content (AvgIpc) is 3.26. The molecule has 0 fully saturated rings. The van der Waals surface area contributed by atoms with Gasteiger partial charge in [-0.3, -0.25) is 19.5 Å². The van der Waals surface area contributed by atoms with Crippen molar-refractivity contribution in [3.63, 3.8) is 0 Å². The van der Waals surface area contributed by atoms with Crippen LogP contribution in [0.25, 0.3) is 11.0 Å². The molecule has 0 radical (unpaired) electrons. The lowest BCUT2D eigenvalue weighted by molar-refractivity contribution is -0.127. The smallest absolute Gasteiger partial charge is 0.249 e. The Morgan fingerprint density at radius 3 is 2.53 bits per heavy atom. The Hall–Kier alpha value is -4.11. The zero-order valence-corrected chi connectivity index (χ0v) is 19.1. The van der Waals surface area contributed by atoms with Gasteiger partial charge in [0.05, 0.1) is 12.1 Å². The van der Waals surface area contributed by atoms with Crippen LogP contribution in [0.3, 0.4) is 0 Å². The van der Waals surface area contributed by atoms with Crippen LogP contribution >= 0.6 is 0 Å². The van der Waals surface area contributed by atoms with E-state index in [1.807, 2.05) is 55.5 Å². The van der Waals surface area contributed by atoms with Crippen LogP contribution in [0.4, 0.5) is 5.69 Å². The summed E-state index contributed by atoms with van der Waals surface area (Å²) in [4.78, 5) is 32.8. The maximum absolute atomic E-state index is 13.8. The predicted octanol–water partition coefficient (Wildman–Crippen LogP) is 2.67. The monoisotopic (exact) mass is 458 g/mol. The molecule has 0 unspecified atom stereocenters. The number of para-hydroxylation sites is 1. The molecule has 0 bridgehead atoms. The summed E-state index contributed by atoms with van der Waals surface area (Å²) in [5, 5.41) is 11.2. The van der Waals surface area contributed by atoms with E-state index in [0.717, 1.165) is 11.1 Å². The number of amides is 2. The second-order valence-corrected chi connectivity index (χ2v) is 7.80. The van der Waals surface area contributed by atoms with Gasteiger partial charge in [-0.05, 0) is 48.9 Å². The van der Waals surface area contributed by atoms with Crippen LogP contribution in [0.1, 0.15) is 17.2 Å². The molecule has 2 heterocycles. The standard InChI is InChI=1S/C25H26N6O3/c1-18-7-9-20(10-8-18)31(23(32)17-30-22-6-4-3-5-21(22)28-29-30)24(19-11-13-26-14-12-19)25(33)27-15-16-34-2/h3-14,24H,15-17H2,1-2H3,(H,27,33)/t24-/m1/s1. The molecule has 9 heteroatoms. The summed E-state index contributed by atoms with van der Waals surface area (Å²) in [6.07, 6.45) is 3.21. The summed E-state index contributed by atoms with van der Waals surface area (Å²) in [5.41, 5.74) is 3.72. The largest absolute Gasteiger partial charge is 0.383 e. The van der Waals surface area contributed by atoms with Gasteiger partial charge in [-0.2, -0.15) is 0 Å². The number of hydrogen-bond acceptors (Lipinski definition) is 6. The molecular formula is C25H26N6O3. The number of nitrogens with zero attached hydrogens (tertiary/aromatic N) is 5. The van der Waals surface area contributed by atoms with Gasteiger partial charge in [0, 0.05) is 31.7 Å². The van der Waals surface area contributed by atoms with Gasteiger partial charge < -0.3 is 10.1 Å². The van der Waals surface area contributed by atoms with E-state index >= 15 is 0 Å². The van der Waals surface area contributed by atoms with Crippen molar-refractivity contribution in [1.82, 2.24) is 25.3 Å². The molecule has 4 aromatic rings. The van der Waals surface area contributed by atoms with E-state index in [0.29, 0.717) is 29.9 Å². The lowest BCUT2D eigenvalue weighted by Gasteiger charge is -2.31. The van der Waals surface area contributed by atoms with Gasteiger partial charge in [-0.25, -0.2) is 4.68 Å². The van der Waals surface area contributed by atoms with Crippen molar-refractivity contribution in [3.8, 4) is 0 Å². The number of rotatable bonds is 9. The third kappa shape index (κ3) is 5.10. The quantitative estimate of drug-likeness (QED) is 0.387. The number of ether oxygens (including phenoxy) is 1. The van der Waals surface area contributed by atoms with E-state index in [2.05, 4.69) is 20.6 Å². The first kappa shape index (κ1) is 23.1. The number of nitrogens with one attached hydrogen (secondary N) is 1. The molecular weight excluding hydrogens is 432 g/mol. The molecule has 0 saturated heterocycles. The molecule has 0 aliphatic carbocycles. The first-order valence-corrected chi connectivity index (χ1v) is 10.9. The summed E-state index contributed by atoms with van der Waals surface area (Å²) in [5.74, 6) is -0.621. The van der Waals surface area contributed by atoms with E-state index < -0.39 is 6.04 Å². The minimum atomic E-state index is -0.912. The van der Waals surface area contributed by atoms with Crippen molar-refractivity contribution in [2.45, 2.75) is 19.5 Å². The molecule has 2 aromatic carbocycles. The van der Waals surface area contributed by atoms with Crippen LogP contribution in [0.2, 0.25) is 0 Å². The molecule has 1 atom stereocenters. The van der Waals surface area contributed by atoms with Crippen LogP contribution in [-0.2, 0) is 20.9 Å². The van der Waals surface area contributed by atoms with Crippen LogP contribution in [-0.4, -0.2) is 52.1 Å². The Morgan fingerprint density at radius 1 is 1.06 bits per heavy atom. The third-order valence-corrected chi connectivity index (χ3v) is 5.42. The number of benzene rings is 2. The highest BCUT2D eigenvalue weighted by atomic mass is 16.5. The van der Waals surface area contributed by atoms with Gasteiger partial charge in [-0.1, -0.05) is 35.0 Å². The number of fused-ring (bicyclic) bond motifs is 1. The molecule has 0 aliphatic heterocycles. The summed E-state index contributed by atoms with van der Waals surface area (Å²) in [6, 6.07) is 17.5. The molecule has 4 rings (SSSR count). The van der Waals surface area contributed by atoms with Gasteiger partial charge >= 0.3 is 0 Å². The number of anilines is 1. The van der Waals surface area contributed by atoms with Gasteiger partial charge in [0.15, 0.2) is 0 Å². The highest BCUT2D eigenvalue weighted by Crippen LogP contribution is 2.29. The van der Waals surface area contributed by atoms with Gasteiger partial charge in [-0.15, -0.1) is 5.10 Å². The van der Waals surface area contributed by atoms with Crippen molar-refractivity contribution in [2.75, 3.05) is 25.2 Å². The number of aromatic nitrogens is 4. The normalized spacial score (nSPS) is 11.8. The van der Waals surface area contributed by atoms with Crippen molar-refractivity contribution < 1.29 is 14.3 Å². The highest BCUT2D eigenvalue weighted by Gasteiger charge is 2.33. The maximum Gasteiger partial charge on any atom is 0.249 e. The Labute approximate surface area is 197 Å². The molecule has 174 valence electrons. The minimum absolute atomic E-state index is 0.0820. The first-order valence-electron chi connectivity index (χ1n) is 10.9. The fraction of sp³-hybridized carbons (Fsp3) is 0.240. The fourth-order valence-electron chi connectivity index (χ4n) is 3.72. The van der Waals surface area contributed by atoms with Crippen LogP contribution in [0.15, 0.2) is 73.1 Å². The zero-order valence-electron chi connectivity index (χ0n) is 19.1. The lowest BCUT2D eigenvalue weighted by atomic mass is 10.0. The summed E-state index contributed by atoms with van der Waals surface area (Å²) in [7, 11) is 1.57. The molecule has 0 spiro atoms. The Kier molecular flexibility index (Phi) is 7.24. The molecule has 0 aliphatic rings. The SMILES string of the molecule is COCCNC(=O)[C@@H](c1ccncc1)N(C(=O)Cn1nnc2ccccc21)c1ccc(C)cc1. The second-order valence-electron chi connectivity index (χ2n) is 7.80. The molecule has 2 aromatic heterocycles.